The molecule has 1 saturated carbocycles. The van der Waals surface area contributed by atoms with E-state index in [0.29, 0.717) is 24.8 Å². The predicted molar refractivity (Wildman–Crippen MR) is 140 cm³/mol. The number of piperidine rings is 1. The number of hydrogen-bond donors (Lipinski definition) is 2. The van der Waals surface area contributed by atoms with Crippen molar-refractivity contribution in [3.05, 3.63) is 48.0 Å². The van der Waals surface area contributed by atoms with Crippen LogP contribution in [0.2, 0.25) is 0 Å². The molecule has 8 nitrogen and oxygen atoms in total. The molecular formula is C27H34N4O4S. The number of fused-ring (bicyclic) bond motifs is 1. The lowest BCUT2D eigenvalue weighted by atomic mass is 9.92. The monoisotopic (exact) mass is 510 g/mol. The highest BCUT2D eigenvalue weighted by atomic mass is 32.2. The van der Waals surface area contributed by atoms with Crippen LogP contribution in [-0.2, 0) is 19.6 Å². The number of nitrogens with one attached hydrogen (secondary N) is 2. The highest BCUT2D eigenvalue weighted by molar-refractivity contribution is 7.88. The SMILES string of the molecule is C#CCNC(=O)CNC(=O)CN(C1CCN(C(c2cccc3ccccc23)C2CC2)CC1)S(C)(=O)=O. The molecule has 1 aliphatic heterocycles. The Balaban J connectivity index is 1.41. The first kappa shape index (κ1) is 26.1. The summed E-state index contributed by atoms with van der Waals surface area (Å²) in [6.07, 6.45) is 9.95. The highest BCUT2D eigenvalue weighted by Gasteiger charge is 2.40. The molecule has 2 aromatic carbocycles. The highest BCUT2D eigenvalue weighted by Crippen LogP contribution is 2.47. The van der Waals surface area contributed by atoms with Crippen LogP contribution >= 0.6 is 0 Å². The Kier molecular flexibility index (Phi) is 8.29. The van der Waals surface area contributed by atoms with Crippen molar-refractivity contribution in [3.8, 4) is 12.3 Å². The molecule has 2 aromatic rings. The van der Waals surface area contributed by atoms with Crippen molar-refractivity contribution in [1.82, 2.24) is 19.8 Å². The number of terminal acetylenes is 1. The van der Waals surface area contributed by atoms with E-state index in [1.165, 1.54) is 33.5 Å². The lowest BCUT2D eigenvalue weighted by molar-refractivity contribution is -0.126. The average Bonchev–Trinajstić information content (AvgIpc) is 3.70. The Labute approximate surface area is 213 Å². The number of nitrogens with zero attached hydrogens (tertiary/aromatic N) is 2. The van der Waals surface area contributed by atoms with Crippen LogP contribution in [0, 0.1) is 18.3 Å². The molecule has 9 heteroatoms. The van der Waals surface area contributed by atoms with Gasteiger partial charge in [0.2, 0.25) is 21.8 Å². The van der Waals surface area contributed by atoms with Crippen molar-refractivity contribution in [2.45, 2.75) is 37.8 Å². The van der Waals surface area contributed by atoms with Crippen LogP contribution in [0.5, 0.6) is 0 Å². The summed E-state index contributed by atoms with van der Waals surface area (Å²) in [5.74, 6) is 1.98. The largest absolute Gasteiger partial charge is 0.346 e. The van der Waals surface area contributed by atoms with Crippen LogP contribution in [-0.4, -0.2) is 74.5 Å². The Bertz CT molecular complexity index is 1240. The molecular weight excluding hydrogens is 476 g/mol. The summed E-state index contributed by atoms with van der Waals surface area (Å²) in [5, 5.41) is 7.46. The molecule has 0 aromatic heterocycles. The second-order valence-electron chi connectivity index (χ2n) is 9.68. The molecule has 192 valence electrons. The van der Waals surface area contributed by atoms with E-state index in [1.54, 1.807) is 0 Å². The van der Waals surface area contributed by atoms with Crippen LogP contribution in [0.25, 0.3) is 10.8 Å². The van der Waals surface area contributed by atoms with Gasteiger partial charge in [-0.2, -0.15) is 4.31 Å². The van der Waals surface area contributed by atoms with Gasteiger partial charge in [0.1, 0.15) is 0 Å². The number of sulfonamides is 1. The maximum atomic E-state index is 12.6. The van der Waals surface area contributed by atoms with Crippen molar-refractivity contribution in [1.29, 1.82) is 0 Å². The van der Waals surface area contributed by atoms with E-state index in [0.717, 1.165) is 19.3 Å². The second-order valence-corrected chi connectivity index (χ2v) is 11.6. The van der Waals surface area contributed by atoms with E-state index in [-0.39, 0.29) is 25.7 Å². The zero-order chi connectivity index (χ0) is 25.7. The number of likely N-dealkylation sites (tertiary alicyclic amines) is 1. The number of rotatable bonds is 10. The number of carbonyl (C=O) groups excluding carboxylic acids is 2. The third kappa shape index (κ3) is 6.44. The van der Waals surface area contributed by atoms with Gasteiger partial charge in [-0.1, -0.05) is 48.4 Å². The van der Waals surface area contributed by atoms with Gasteiger partial charge in [-0.05, 0) is 47.9 Å². The molecule has 1 atom stereocenters. The molecule has 1 heterocycles. The number of benzene rings is 2. The first-order valence-corrected chi connectivity index (χ1v) is 14.3. The van der Waals surface area contributed by atoms with Crippen LogP contribution in [0.15, 0.2) is 42.5 Å². The lowest BCUT2D eigenvalue weighted by Crippen LogP contribution is -2.51. The molecule has 0 bridgehead atoms. The van der Waals surface area contributed by atoms with Gasteiger partial charge in [0, 0.05) is 25.2 Å². The molecule has 4 rings (SSSR count). The fourth-order valence-corrected chi connectivity index (χ4v) is 6.33. The maximum absolute atomic E-state index is 12.6. The van der Waals surface area contributed by atoms with Gasteiger partial charge in [-0.3, -0.25) is 14.5 Å². The van der Waals surface area contributed by atoms with Crippen molar-refractivity contribution in [2.75, 3.05) is 39.0 Å². The van der Waals surface area contributed by atoms with Gasteiger partial charge in [0.05, 0.1) is 25.9 Å². The predicted octanol–water partition coefficient (Wildman–Crippen LogP) is 1.88. The number of carbonyl (C=O) groups is 2. The van der Waals surface area contributed by atoms with Gasteiger partial charge in [0.25, 0.3) is 0 Å². The third-order valence-corrected chi connectivity index (χ3v) is 8.35. The first-order valence-electron chi connectivity index (χ1n) is 12.4. The molecule has 2 fully saturated rings. The zero-order valence-corrected chi connectivity index (χ0v) is 21.5. The van der Waals surface area contributed by atoms with Crippen molar-refractivity contribution in [3.63, 3.8) is 0 Å². The molecule has 0 spiro atoms. The summed E-state index contributed by atoms with van der Waals surface area (Å²) >= 11 is 0. The van der Waals surface area contributed by atoms with Gasteiger partial charge in [-0.25, -0.2) is 8.42 Å². The topological polar surface area (TPSA) is 98.8 Å². The smallest absolute Gasteiger partial charge is 0.240 e. The fraction of sp³-hybridized carbons (Fsp3) is 0.481. The third-order valence-electron chi connectivity index (χ3n) is 7.07. The summed E-state index contributed by atoms with van der Waals surface area (Å²) in [4.78, 5) is 26.6. The maximum Gasteiger partial charge on any atom is 0.240 e. The van der Waals surface area contributed by atoms with Gasteiger partial charge in [0.15, 0.2) is 0 Å². The van der Waals surface area contributed by atoms with Gasteiger partial charge in [-0.15, -0.1) is 6.42 Å². The standard InChI is InChI=1S/C27H34N4O4S/c1-3-15-28-25(32)18-29-26(33)19-31(36(2,34)35)22-13-16-30(17-14-22)27(21-11-12-21)24-10-6-8-20-7-4-5-9-23(20)24/h1,4-10,21-22,27H,11-19H2,2H3,(H,28,32)(H,29,33). The van der Waals surface area contributed by atoms with E-state index in [9.17, 15) is 18.0 Å². The molecule has 2 amide bonds. The molecule has 2 N–H and O–H groups in total. The molecule has 1 unspecified atom stereocenters. The van der Waals surface area contributed by atoms with Crippen LogP contribution in [0.3, 0.4) is 0 Å². The lowest BCUT2D eigenvalue weighted by Gasteiger charge is -2.41. The minimum Gasteiger partial charge on any atom is -0.346 e. The van der Waals surface area contributed by atoms with E-state index in [4.69, 9.17) is 6.42 Å². The first-order chi connectivity index (χ1) is 17.3. The molecule has 0 radical (unpaired) electrons. The van der Waals surface area contributed by atoms with Crippen LogP contribution in [0.4, 0.5) is 0 Å². The zero-order valence-electron chi connectivity index (χ0n) is 20.7. The van der Waals surface area contributed by atoms with Gasteiger partial charge < -0.3 is 10.6 Å². The Morgan fingerprint density at radius 3 is 2.42 bits per heavy atom. The number of amides is 2. The Morgan fingerprint density at radius 2 is 1.75 bits per heavy atom. The normalized spacial score (nSPS) is 18.0. The average molecular weight is 511 g/mol. The van der Waals surface area contributed by atoms with Gasteiger partial charge >= 0.3 is 0 Å². The second kappa shape index (κ2) is 11.4. The summed E-state index contributed by atoms with van der Waals surface area (Å²) in [7, 11) is -3.61. The summed E-state index contributed by atoms with van der Waals surface area (Å²) < 4.78 is 26.4. The minimum atomic E-state index is -3.61. The van der Waals surface area contributed by atoms with E-state index < -0.39 is 21.8 Å². The minimum absolute atomic E-state index is 0.0728. The van der Waals surface area contributed by atoms with Crippen LogP contribution < -0.4 is 10.6 Å². The van der Waals surface area contributed by atoms with E-state index >= 15 is 0 Å². The molecule has 2 aliphatic rings. The summed E-state index contributed by atoms with van der Waals surface area (Å²) in [6, 6.07) is 15.0. The van der Waals surface area contributed by atoms with E-state index in [1.807, 2.05) is 0 Å². The van der Waals surface area contributed by atoms with Crippen LogP contribution in [0.1, 0.15) is 37.3 Å². The number of hydrogen-bond acceptors (Lipinski definition) is 5. The quantitative estimate of drug-likeness (QED) is 0.476. The molecule has 36 heavy (non-hydrogen) atoms. The fourth-order valence-electron chi connectivity index (χ4n) is 5.23. The Morgan fingerprint density at radius 1 is 1.06 bits per heavy atom. The van der Waals surface area contributed by atoms with E-state index in [2.05, 4.69) is 63.9 Å². The van der Waals surface area contributed by atoms with Crippen molar-refractivity contribution < 1.29 is 18.0 Å². The van der Waals surface area contributed by atoms with Crippen molar-refractivity contribution >= 4 is 32.6 Å². The molecule has 1 aliphatic carbocycles. The summed E-state index contributed by atoms with van der Waals surface area (Å²) in [5.41, 5.74) is 1.34. The summed E-state index contributed by atoms with van der Waals surface area (Å²) in [6.45, 7) is 1.05. The molecule has 1 saturated heterocycles. The Hall–Kier alpha value is -2.93. The van der Waals surface area contributed by atoms with Crippen molar-refractivity contribution in [2.24, 2.45) is 5.92 Å².